The highest BCUT2D eigenvalue weighted by Crippen LogP contribution is 2.11. The molecule has 118 valence electrons. The summed E-state index contributed by atoms with van der Waals surface area (Å²) in [5.41, 5.74) is 1.01. The maximum absolute atomic E-state index is 13.0. The van der Waals surface area contributed by atoms with Crippen LogP contribution >= 0.6 is 0 Å². The molecule has 1 aromatic carbocycles. The van der Waals surface area contributed by atoms with E-state index < -0.39 is 0 Å². The molecule has 1 N–H and O–H groups in total. The second-order valence-electron chi connectivity index (χ2n) is 6.03. The van der Waals surface area contributed by atoms with Crippen molar-refractivity contribution in [2.75, 3.05) is 26.2 Å². The standard InChI is InChI=1S/C17H27FN2O/c1-14-12-20(13-15(2)21-14)9-4-3-8-19-11-16-6-5-7-17(18)10-16/h5-7,10,14-15,19H,3-4,8-9,11-13H2,1-2H3. The van der Waals surface area contributed by atoms with Gasteiger partial charge in [-0.3, -0.25) is 4.90 Å². The minimum Gasteiger partial charge on any atom is -0.373 e. The lowest BCUT2D eigenvalue weighted by atomic mass is 10.2. The van der Waals surface area contributed by atoms with E-state index in [0.717, 1.165) is 44.7 Å². The average Bonchev–Trinajstić information content (AvgIpc) is 2.42. The zero-order chi connectivity index (χ0) is 15.1. The molecule has 0 radical (unpaired) electrons. The van der Waals surface area contributed by atoms with Crippen LogP contribution in [0.15, 0.2) is 24.3 Å². The number of ether oxygens (including phenoxy) is 1. The minimum atomic E-state index is -0.162. The lowest BCUT2D eigenvalue weighted by molar-refractivity contribution is -0.0681. The van der Waals surface area contributed by atoms with Gasteiger partial charge in [-0.25, -0.2) is 4.39 Å². The van der Waals surface area contributed by atoms with E-state index in [1.807, 2.05) is 6.07 Å². The van der Waals surface area contributed by atoms with Crippen LogP contribution in [-0.2, 0) is 11.3 Å². The van der Waals surface area contributed by atoms with E-state index in [9.17, 15) is 4.39 Å². The van der Waals surface area contributed by atoms with E-state index in [1.165, 1.54) is 12.5 Å². The Kier molecular flexibility index (Phi) is 6.61. The van der Waals surface area contributed by atoms with Crippen LogP contribution in [0.5, 0.6) is 0 Å². The predicted octanol–water partition coefficient (Wildman–Crippen LogP) is 2.80. The van der Waals surface area contributed by atoms with Gasteiger partial charge in [0.25, 0.3) is 0 Å². The number of morpholine rings is 1. The molecule has 1 aliphatic rings. The molecule has 0 bridgehead atoms. The number of hydrogen-bond donors (Lipinski definition) is 1. The van der Waals surface area contributed by atoms with E-state index in [0.29, 0.717) is 12.2 Å². The molecule has 0 aliphatic carbocycles. The molecular formula is C17H27FN2O. The van der Waals surface area contributed by atoms with Crippen LogP contribution in [0, 0.1) is 5.82 Å². The number of rotatable bonds is 7. The average molecular weight is 294 g/mol. The number of nitrogens with one attached hydrogen (secondary N) is 1. The third-order valence-corrected chi connectivity index (χ3v) is 3.79. The van der Waals surface area contributed by atoms with Crippen molar-refractivity contribution in [2.45, 2.75) is 45.4 Å². The molecule has 0 aromatic heterocycles. The number of nitrogens with zero attached hydrogens (tertiary/aromatic N) is 1. The molecule has 21 heavy (non-hydrogen) atoms. The molecule has 3 nitrogen and oxygen atoms in total. The summed E-state index contributed by atoms with van der Waals surface area (Å²) in [5.74, 6) is -0.162. The highest BCUT2D eigenvalue weighted by Gasteiger charge is 2.21. The van der Waals surface area contributed by atoms with Gasteiger partial charge in [-0.15, -0.1) is 0 Å². The van der Waals surface area contributed by atoms with Crippen molar-refractivity contribution in [3.8, 4) is 0 Å². The Morgan fingerprint density at radius 3 is 2.71 bits per heavy atom. The smallest absolute Gasteiger partial charge is 0.123 e. The zero-order valence-corrected chi connectivity index (χ0v) is 13.1. The second-order valence-corrected chi connectivity index (χ2v) is 6.03. The van der Waals surface area contributed by atoms with Gasteiger partial charge in [-0.1, -0.05) is 12.1 Å². The zero-order valence-electron chi connectivity index (χ0n) is 13.1. The van der Waals surface area contributed by atoms with E-state index >= 15 is 0 Å². The summed E-state index contributed by atoms with van der Waals surface area (Å²) in [5, 5.41) is 3.37. The fraction of sp³-hybridized carbons (Fsp3) is 0.647. The van der Waals surface area contributed by atoms with Gasteiger partial charge in [0, 0.05) is 19.6 Å². The third kappa shape index (κ3) is 6.12. The van der Waals surface area contributed by atoms with Crippen LogP contribution < -0.4 is 5.32 Å². The first-order valence-corrected chi connectivity index (χ1v) is 7.96. The van der Waals surface area contributed by atoms with Gasteiger partial charge in [-0.05, 0) is 57.5 Å². The van der Waals surface area contributed by atoms with Crippen LogP contribution in [-0.4, -0.2) is 43.3 Å². The molecule has 0 spiro atoms. The molecule has 1 heterocycles. The SMILES string of the molecule is CC1CN(CCCCNCc2cccc(F)c2)CC(C)O1. The molecular weight excluding hydrogens is 267 g/mol. The first-order valence-electron chi connectivity index (χ1n) is 7.96. The van der Waals surface area contributed by atoms with Gasteiger partial charge in [0.15, 0.2) is 0 Å². The maximum atomic E-state index is 13.0. The third-order valence-electron chi connectivity index (χ3n) is 3.79. The largest absolute Gasteiger partial charge is 0.373 e. The van der Waals surface area contributed by atoms with E-state index in [2.05, 4.69) is 24.1 Å². The maximum Gasteiger partial charge on any atom is 0.123 e. The Morgan fingerprint density at radius 2 is 2.00 bits per heavy atom. The Balaban J connectivity index is 1.54. The van der Waals surface area contributed by atoms with Crippen molar-refractivity contribution in [3.63, 3.8) is 0 Å². The molecule has 2 unspecified atom stereocenters. The normalized spacial score (nSPS) is 23.4. The van der Waals surface area contributed by atoms with Crippen LogP contribution in [0.2, 0.25) is 0 Å². The van der Waals surface area contributed by atoms with Crippen molar-refractivity contribution in [3.05, 3.63) is 35.6 Å². The number of benzene rings is 1. The predicted molar refractivity (Wildman–Crippen MR) is 83.8 cm³/mol. The fourth-order valence-electron chi connectivity index (χ4n) is 2.93. The summed E-state index contributed by atoms with van der Waals surface area (Å²) in [6.45, 7) is 9.23. The quantitative estimate of drug-likeness (QED) is 0.783. The summed E-state index contributed by atoms with van der Waals surface area (Å²) in [6, 6.07) is 6.77. The van der Waals surface area contributed by atoms with Gasteiger partial charge < -0.3 is 10.1 Å². The van der Waals surface area contributed by atoms with Crippen molar-refractivity contribution in [1.82, 2.24) is 10.2 Å². The molecule has 2 rings (SSSR count). The molecule has 1 aromatic rings. The first kappa shape index (κ1) is 16.4. The summed E-state index contributed by atoms with van der Waals surface area (Å²) in [6.07, 6.45) is 3.03. The van der Waals surface area contributed by atoms with Crippen molar-refractivity contribution in [2.24, 2.45) is 0 Å². The monoisotopic (exact) mass is 294 g/mol. The van der Waals surface area contributed by atoms with E-state index in [-0.39, 0.29) is 5.82 Å². The highest BCUT2D eigenvalue weighted by molar-refractivity contribution is 5.15. The van der Waals surface area contributed by atoms with Crippen LogP contribution in [0.4, 0.5) is 4.39 Å². The summed E-state index contributed by atoms with van der Waals surface area (Å²) < 4.78 is 18.8. The van der Waals surface area contributed by atoms with Crippen LogP contribution in [0.25, 0.3) is 0 Å². The molecule has 0 saturated carbocycles. The lowest BCUT2D eigenvalue weighted by Gasteiger charge is -2.35. The van der Waals surface area contributed by atoms with Crippen LogP contribution in [0.3, 0.4) is 0 Å². The number of hydrogen-bond acceptors (Lipinski definition) is 3. The first-order chi connectivity index (χ1) is 10.1. The van der Waals surface area contributed by atoms with Gasteiger partial charge in [0.2, 0.25) is 0 Å². The Morgan fingerprint density at radius 1 is 1.24 bits per heavy atom. The van der Waals surface area contributed by atoms with E-state index in [4.69, 9.17) is 4.74 Å². The van der Waals surface area contributed by atoms with Crippen molar-refractivity contribution in [1.29, 1.82) is 0 Å². The second kappa shape index (κ2) is 8.47. The molecule has 1 fully saturated rings. The number of halogens is 1. The Bertz CT molecular complexity index is 417. The highest BCUT2D eigenvalue weighted by atomic mass is 19.1. The fourth-order valence-corrected chi connectivity index (χ4v) is 2.93. The Labute approximate surface area is 127 Å². The summed E-state index contributed by atoms with van der Waals surface area (Å²) >= 11 is 0. The topological polar surface area (TPSA) is 24.5 Å². The van der Waals surface area contributed by atoms with Gasteiger partial charge >= 0.3 is 0 Å². The molecule has 0 amide bonds. The van der Waals surface area contributed by atoms with Gasteiger partial charge in [-0.2, -0.15) is 0 Å². The summed E-state index contributed by atoms with van der Waals surface area (Å²) in [4.78, 5) is 2.49. The van der Waals surface area contributed by atoms with Crippen molar-refractivity contribution < 1.29 is 9.13 Å². The molecule has 2 atom stereocenters. The summed E-state index contributed by atoms with van der Waals surface area (Å²) in [7, 11) is 0. The molecule has 1 saturated heterocycles. The molecule has 1 aliphatic heterocycles. The lowest BCUT2D eigenvalue weighted by Crippen LogP contribution is -2.45. The van der Waals surface area contributed by atoms with Gasteiger partial charge in [0.05, 0.1) is 12.2 Å². The minimum absolute atomic E-state index is 0.162. The van der Waals surface area contributed by atoms with E-state index in [1.54, 1.807) is 12.1 Å². The Hall–Kier alpha value is -0.970. The van der Waals surface area contributed by atoms with Crippen LogP contribution in [0.1, 0.15) is 32.3 Å². The van der Waals surface area contributed by atoms with Crippen molar-refractivity contribution >= 4 is 0 Å². The van der Waals surface area contributed by atoms with Gasteiger partial charge in [0.1, 0.15) is 5.82 Å². The molecule has 4 heteroatoms. The number of unbranched alkanes of at least 4 members (excludes halogenated alkanes) is 1.